The van der Waals surface area contributed by atoms with Crippen molar-refractivity contribution >= 4 is 17.3 Å². The number of nitrogens with zero attached hydrogens (tertiary/aromatic N) is 1. The summed E-state index contributed by atoms with van der Waals surface area (Å²) in [7, 11) is 0. The molecule has 1 saturated heterocycles. The van der Waals surface area contributed by atoms with E-state index in [-0.39, 0.29) is 12.5 Å². The highest BCUT2D eigenvalue weighted by Crippen LogP contribution is 2.34. The first-order valence-electron chi connectivity index (χ1n) is 6.14. The van der Waals surface area contributed by atoms with Gasteiger partial charge in [0.25, 0.3) is 5.91 Å². The van der Waals surface area contributed by atoms with Gasteiger partial charge >= 0.3 is 0 Å². The third kappa shape index (κ3) is 2.01. The third-order valence-corrected chi connectivity index (χ3v) is 3.39. The summed E-state index contributed by atoms with van der Waals surface area (Å²) in [6.07, 6.45) is 1.01. The van der Waals surface area contributed by atoms with E-state index >= 15 is 0 Å². The maximum Gasteiger partial charge on any atom is 0.265 e. The zero-order chi connectivity index (χ0) is 12.5. The van der Waals surface area contributed by atoms with Crippen molar-refractivity contribution in [2.75, 3.05) is 37.0 Å². The van der Waals surface area contributed by atoms with Crippen molar-refractivity contribution in [2.45, 2.75) is 6.42 Å². The second-order valence-electron chi connectivity index (χ2n) is 4.75. The zero-order valence-electron chi connectivity index (χ0n) is 10.1. The lowest BCUT2D eigenvalue weighted by molar-refractivity contribution is -0.121. The van der Waals surface area contributed by atoms with E-state index < -0.39 is 0 Å². The first-order valence-corrected chi connectivity index (χ1v) is 6.14. The Kier molecular flexibility index (Phi) is 2.83. The molecule has 1 aromatic rings. The summed E-state index contributed by atoms with van der Waals surface area (Å²) in [5.74, 6) is 1.10. The molecule has 1 atom stereocenters. The lowest BCUT2D eigenvalue weighted by atomic mass is 10.1. The van der Waals surface area contributed by atoms with Crippen LogP contribution in [0, 0.1) is 5.92 Å². The minimum atomic E-state index is -0.000767. The van der Waals surface area contributed by atoms with Gasteiger partial charge in [0.15, 0.2) is 6.61 Å². The van der Waals surface area contributed by atoms with Crippen LogP contribution in [0.3, 0.4) is 0 Å². The molecule has 18 heavy (non-hydrogen) atoms. The van der Waals surface area contributed by atoms with Crippen LogP contribution in [0.15, 0.2) is 18.2 Å². The topological polar surface area (TPSA) is 64.8 Å². The van der Waals surface area contributed by atoms with Crippen molar-refractivity contribution in [3.05, 3.63) is 18.2 Å². The maximum absolute atomic E-state index is 12.0. The molecule has 1 amide bonds. The summed E-state index contributed by atoms with van der Waals surface area (Å²) in [6.45, 7) is 2.30. The lowest BCUT2D eigenvalue weighted by Crippen LogP contribution is -2.41. The summed E-state index contributed by atoms with van der Waals surface area (Å²) >= 11 is 0. The van der Waals surface area contributed by atoms with Gasteiger partial charge in [-0.1, -0.05) is 0 Å². The van der Waals surface area contributed by atoms with E-state index in [2.05, 4.69) is 0 Å². The Bertz CT molecular complexity index is 469. The molecule has 2 aliphatic heterocycles. The Balaban J connectivity index is 1.86. The highest BCUT2D eigenvalue weighted by molar-refractivity contribution is 5.98. The molecule has 0 spiro atoms. The second-order valence-corrected chi connectivity index (χ2v) is 4.75. The summed E-state index contributed by atoms with van der Waals surface area (Å²) in [5, 5.41) is 0. The highest BCUT2D eigenvalue weighted by atomic mass is 16.5. The fourth-order valence-electron chi connectivity index (χ4n) is 2.41. The van der Waals surface area contributed by atoms with Gasteiger partial charge < -0.3 is 20.1 Å². The molecule has 0 radical (unpaired) electrons. The summed E-state index contributed by atoms with van der Waals surface area (Å²) in [6, 6.07) is 5.40. The molecule has 0 bridgehead atoms. The Morgan fingerprint density at radius 2 is 2.33 bits per heavy atom. The molecule has 1 unspecified atom stereocenters. The molecular weight excluding hydrogens is 232 g/mol. The van der Waals surface area contributed by atoms with Gasteiger partial charge in [0.05, 0.1) is 12.3 Å². The first kappa shape index (κ1) is 11.3. The van der Waals surface area contributed by atoms with E-state index in [4.69, 9.17) is 15.2 Å². The normalized spacial score (nSPS) is 22.8. The molecule has 2 N–H and O–H groups in total. The standard InChI is InChI=1S/C13H16N2O3/c14-10-1-2-11-12(5-10)18-8-13(16)15(11)6-9-3-4-17-7-9/h1-2,5,9H,3-4,6-8,14H2. The van der Waals surface area contributed by atoms with Crippen LogP contribution in [0.2, 0.25) is 0 Å². The average Bonchev–Trinajstić information content (AvgIpc) is 2.86. The number of nitrogen functional groups attached to an aromatic ring is 1. The van der Waals surface area contributed by atoms with Crippen LogP contribution in [-0.2, 0) is 9.53 Å². The Morgan fingerprint density at radius 3 is 3.11 bits per heavy atom. The molecule has 1 fully saturated rings. The number of hydrogen-bond donors (Lipinski definition) is 1. The fraction of sp³-hybridized carbons (Fsp3) is 0.462. The zero-order valence-corrected chi connectivity index (χ0v) is 10.1. The van der Waals surface area contributed by atoms with Gasteiger partial charge in [-0.05, 0) is 18.6 Å². The minimum absolute atomic E-state index is 0.000767. The fourth-order valence-corrected chi connectivity index (χ4v) is 2.41. The van der Waals surface area contributed by atoms with Crippen LogP contribution in [0.25, 0.3) is 0 Å². The number of anilines is 2. The number of amides is 1. The molecule has 2 heterocycles. The predicted molar refractivity (Wildman–Crippen MR) is 67.6 cm³/mol. The molecule has 5 heteroatoms. The second kappa shape index (κ2) is 4.49. The largest absolute Gasteiger partial charge is 0.481 e. The summed E-state index contributed by atoms with van der Waals surface area (Å²) in [5.41, 5.74) is 7.18. The molecule has 1 aromatic carbocycles. The number of benzene rings is 1. The molecule has 3 rings (SSSR count). The number of rotatable bonds is 2. The van der Waals surface area contributed by atoms with Crippen LogP contribution in [-0.4, -0.2) is 32.3 Å². The van der Waals surface area contributed by atoms with Crippen molar-refractivity contribution in [3.63, 3.8) is 0 Å². The van der Waals surface area contributed by atoms with Gasteiger partial charge in [-0.3, -0.25) is 4.79 Å². The van der Waals surface area contributed by atoms with E-state index in [0.29, 0.717) is 23.9 Å². The van der Waals surface area contributed by atoms with Crippen molar-refractivity contribution in [1.82, 2.24) is 0 Å². The van der Waals surface area contributed by atoms with E-state index in [9.17, 15) is 4.79 Å². The molecule has 0 saturated carbocycles. The van der Waals surface area contributed by atoms with Gasteiger partial charge in [-0.15, -0.1) is 0 Å². The van der Waals surface area contributed by atoms with Gasteiger partial charge in [0.2, 0.25) is 0 Å². The molecule has 0 aliphatic carbocycles. The minimum Gasteiger partial charge on any atom is -0.481 e. The van der Waals surface area contributed by atoms with Gasteiger partial charge in [0.1, 0.15) is 5.75 Å². The lowest BCUT2D eigenvalue weighted by Gasteiger charge is -2.31. The highest BCUT2D eigenvalue weighted by Gasteiger charge is 2.29. The molecule has 5 nitrogen and oxygen atoms in total. The summed E-state index contributed by atoms with van der Waals surface area (Å²) < 4.78 is 10.8. The van der Waals surface area contributed by atoms with Crippen LogP contribution >= 0.6 is 0 Å². The number of ether oxygens (including phenoxy) is 2. The van der Waals surface area contributed by atoms with E-state index in [1.165, 1.54) is 0 Å². The maximum atomic E-state index is 12.0. The van der Waals surface area contributed by atoms with E-state index in [1.54, 1.807) is 17.0 Å². The first-order chi connectivity index (χ1) is 8.74. The molecular formula is C13H16N2O3. The van der Waals surface area contributed by atoms with E-state index in [0.717, 1.165) is 25.3 Å². The van der Waals surface area contributed by atoms with Crippen LogP contribution < -0.4 is 15.4 Å². The molecule has 96 valence electrons. The van der Waals surface area contributed by atoms with Crippen molar-refractivity contribution in [1.29, 1.82) is 0 Å². The number of hydrogen-bond acceptors (Lipinski definition) is 4. The quantitative estimate of drug-likeness (QED) is 0.794. The van der Waals surface area contributed by atoms with Crippen LogP contribution in [0.5, 0.6) is 5.75 Å². The van der Waals surface area contributed by atoms with Gasteiger partial charge in [0, 0.05) is 30.8 Å². The van der Waals surface area contributed by atoms with Crippen molar-refractivity contribution < 1.29 is 14.3 Å². The van der Waals surface area contributed by atoms with Crippen molar-refractivity contribution in [2.24, 2.45) is 5.92 Å². The van der Waals surface area contributed by atoms with Crippen LogP contribution in [0.4, 0.5) is 11.4 Å². The van der Waals surface area contributed by atoms with E-state index in [1.807, 2.05) is 6.07 Å². The average molecular weight is 248 g/mol. The smallest absolute Gasteiger partial charge is 0.265 e. The Morgan fingerprint density at radius 1 is 1.44 bits per heavy atom. The molecule has 2 aliphatic rings. The van der Waals surface area contributed by atoms with Crippen molar-refractivity contribution in [3.8, 4) is 5.75 Å². The number of nitrogens with two attached hydrogens (primary N) is 1. The van der Waals surface area contributed by atoms with Gasteiger partial charge in [-0.2, -0.15) is 0 Å². The molecule has 0 aromatic heterocycles. The monoisotopic (exact) mass is 248 g/mol. The predicted octanol–water partition coefficient (Wildman–Crippen LogP) is 1.03. The Labute approximate surface area is 105 Å². The summed E-state index contributed by atoms with van der Waals surface area (Å²) in [4.78, 5) is 13.7. The number of carbonyl (C=O) groups is 1. The number of carbonyl (C=O) groups excluding carboxylic acids is 1. The number of fused-ring (bicyclic) bond motifs is 1. The van der Waals surface area contributed by atoms with Crippen LogP contribution in [0.1, 0.15) is 6.42 Å². The third-order valence-electron chi connectivity index (χ3n) is 3.39. The van der Waals surface area contributed by atoms with Gasteiger partial charge in [-0.25, -0.2) is 0 Å². The Hall–Kier alpha value is -1.75. The SMILES string of the molecule is Nc1ccc2c(c1)OCC(=O)N2CC1CCOC1.